The van der Waals surface area contributed by atoms with Crippen molar-refractivity contribution < 1.29 is 0 Å². The highest BCUT2D eigenvalue weighted by atomic mass is 15.2. The molecule has 2 N–H and O–H groups in total. The Morgan fingerprint density at radius 1 is 1.11 bits per heavy atom. The quantitative estimate of drug-likeness (QED) is 0.888. The lowest BCUT2D eigenvalue weighted by atomic mass is 9.97. The molecule has 18 heavy (non-hydrogen) atoms. The molecule has 2 rings (SSSR count). The van der Waals surface area contributed by atoms with Crippen molar-refractivity contribution in [2.45, 2.75) is 52.6 Å². The molecule has 0 amide bonds. The van der Waals surface area contributed by atoms with Crippen molar-refractivity contribution in [1.29, 1.82) is 0 Å². The third-order valence-corrected chi connectivity index (χ3v) is 4.35. The normalized spacial score (nSPS) is 21.2. The lowest BCUT2D eigenvalue weighted by Crippen LogP contribution is -2.43. The average molecular weight is 246 g/mol. The first kappa shape index (κ1) is 13.6. The summed E-state index contributed by atoms with van der Waals surface area (Å²) < 4.78 is 0. The maximum Gasteiger partial charge on any atom is 0.0239 e. The summed E-state index contributed by atoms with van der Waals surface area (Å²) in [5, 5.41) is 0. The van der Waals surface area contributed by atoms with Crippen LogP contribution in [0.25, 0.3) is 0 Å². The minimum Gasteiger partial charge on any atom is -0.329 e. The van der Waals surface area contributed by atoms with Crippen LogP contribution in [-0.2, 0) is 6.54 Å². The van der Waals surface area contributed by atoms with Gasteiger partial charge in [-0.1, -0.05) is 18.6 Å². The lowest BCUT2D eigenvalue weighted by molar-refractivity contribution is 0.144. The van der Waals surface area contributed by atoms with E-state index in [-0.39, 0.29) is 0 Å². The van der Waals surface area contributed by atoms with E-state index < -0.39 is 0 Å². The molecule has 100 valence electrons. The van der Waals surface area contributed by atoms with Gasteiger partial charge in [0.15, 0.2) is 0 Å². The van der Waals surface area contributed by atoms with Gasteiger partial charge in [-0.3, -0.25) is 4.90 Å². The molecule has 0 aliphatic carbocycles. The van der Waals surface area contributed by atoms with E-state index in [2.05, 4.69) is 37.8 Å². The molecule has 0 aromatic heterocycles. The van der Waals surface area contributed by atoms with E-state index in [1.54, 1.807) is 0 Å². The average Bonchev–Trinajstić information content (AvgIpc) is 2.36. The number of hydrogen-bond donors (Lipinski definition) is 1. The highest BCUT2D eigenvalue weighted by Crippen LogP contribution is 2.22. The molecule has 0 saturated carbocycles. The highest BCUT2D eigenvalue weighted by molar-refractivity contribution is 5.36. The summed E-state index contributed by atoms with van der Waals surface area (Å²) in [5.41, 5.74) is 11.6. The van der Waals surface area contributed by atoms with Gasteiger partial charge in [-0.25, -0.2) is 0 Å². The molecular weight excluding hydrogens is 220 g/mol. The summed E-state index contributed by atoms with van der Waals surface area (Å²) >= 11 is 0. The molecule has 1 aliphatic heterocycles. The topological polar surface area (TPSA) is 29.3 Å². The number of aryl methyl sites for hydroxylation is 3. The zero-order chi connectivity index (χ0) is 13.1. The summed E-state index contributed by atoms with van der Waals surface area (Å²) in [5.74, 6) is 0. The Labute approximate surface area is 111 Å². The van der Waals surface area contributed by atoms with Gasteiger partial charge in [0.25, 0.3) is 0 Å². The van der Waals surface area contributed by atoms with Crippen LogP contribution in [0.3, 0.4) is 0 Å². The first-order chi connectivity index (χ1) is 8.61. The predicted molar refractivity (Wildman–Crippen MR) is 77.8 cm³/mol. The molecule has 1 aliphatic rings. The van der Waals surface area contributed by atoms with Crippen LogP contribution in [0.1, 0.15) is 41.5 Å². The molecule has 1 heterocycles. The Morgan fingerprint density at radius 3 is 2.56 bits per heavy atom. The molecule has 1 aromatic rings. The summed E-state index contributed by atoms with van der Waals surface area (Å²) in [6.07, 6.45) is 3.92. The van der Waals surface area contributed by atoms with Crippen LogP contribution in [0.4, 0.5) is 0 Å². The number of nitrogens with zero attached hydrogens (tertiary/aromatic N) is 1. The first-order valence-corrected chi connectivity index (χ1v) is 7.12. The van der Waals surface area contributed by atoms with Crippen LogP contribution < -0.4 is 5.73 Å². The summed E-state index contributed by atoms with van der Waals surface area (Å²) in [6.45, 7) is 9.68. The molecule has 1 fully saturated rings. The van der Waals surface area contributed by atoms with Gasteiger partial charge in [0.05, 0.1) is 0 Å². The Morgan fingerprint density at radius 2 is 1.83 bits per heavy atom. The molecule has 1 saturated heterocycles. The van der Waals surface area contributed by atoms with Crippen LogP contribution in [0, 0.1) is 20.8 Å². The summed E-state index contributed by atoms with van der Waals surface area (Å²) in [4.78, 5) is 2.57. The second-order valence-corrected chi connectivity index (χ2v) is 5.72. The Bertz CT molecular complexity index is 412. The van der Waals surface area contributed by atoms with Gasteiger partial charge in [-0.15, -0.1) is 0 Å². The van der Waals surface area contributed by atoms with Crippen molar-refractivity contribution in [1.82, 2.24) is 4.90 Å². The summed E-state index contributed by atoms with van der Waals surface area (Å²) in [7, 11) is 0. The largest absolute Gasteiger partial charge is 0.329 e. The van der Waals surface area contributed by atoms with Crippen molar-refractivity contribution in [3.8, 4) is 0 Å². The molecule has 0 spiro atoms. The van der Waals surface area contributed by atoms with E-state index in [4.69, 9.17) is 5.73 Å². The number of hydrogen-bond acceptors (Lipinski definition) is 2. The second kappa shape index (κ2) is 5.85. The number of benzene rings is 1. The fourth-order valence-electron chi connectivity index (χ4n) is 2.94. The fourth-order valence-corrected chi connectivity index (χ4v) is 2.94. The van der Waals surface area contributed by atoms with Gasteiger partial charge >= 0.3 is 0 Å². The number of nitrogens with two attached hydrogens (primary N) is 1. The molecular formula is C16H26N2. The Balaban J connectivity index is 2.15. The molecule has 0 bridgehead atoms. The van der Waals surface area contributed by atoms with Crippen LogP contribution in [-0.4, -0.2) is 24.0 Å². The zero-order valence-electron chi connectivity index (χ0n) is 12.0. The van der Waals surface area contributed by atoms with E-state index in [0.717, 1.165) is 13.1 Å². The van der Waals surface area contributed by atoms with E-state index in [0.29, 0.717) is 6.04 Å². The van der Waals surface area contributed by atoms with Crippen molar-refractivity contribution in [2.75, 3.05) is 13.1 Å². The summed E-state index contributed by atoms with van der Waals surface area (Å²) in [6, 6.07) is 5.25. The lowest BCUT2D eigenvalue weighted by Gasteiger charge is -2.35. The number of likely N-dealkylation sites (tertiary alicyclic amines) is 1. The molecule has 0 radical (unpaired) electrons. The Kier molecular flexibility index (Phi) is 4.41. The van der Waals surface area contributed by atoms with Crippen molar-refractivity contribution in [3.05, 3.63) is 34.4 Å². The van der Waals surface area contributed by atoms with Crippen LogP contribution >= 0.6 is 0 Å². The van der Waals surface area contributed by atoms with Crippen molar-refractivity contribution in [3.63, 3.8) is 0 Å². The first-order valence-electron chi connectivity index (χ1n) is 7.12. The highest BCUT2D eigenvalue weighted by Gasteiger charge is 2.21. The van der Waals surface area contributed by atoms with E-state index >= 15 is 0 Å². The van der Waals surface area contributed by atoms with E-state index in [1.807, 2.05) is 0 Å². The van der Waals surface area contributed by atoms with Crippen molar-refractivity contribution in [2.24, 2.45) is 5.73 Å². The van der Waals surface area contributed by atoms with E-state index in [9.17, 15) is 0 Å². The van der Waals surface area contributed by atoms with Gasteiger partial charge in [-0.05, 0) is 62.4 Å². The SMILES string of the molecule is Cc1cc(C)c(CN2CCCCC2CN)cc1C. The van der Waals surface area contributed by atoms with Gasteiger partial charge in [0, 0.05) is 19.1 Å². The second-order valence-electron chi connectivity index (χ2n) is 5.72. The third kappa shape index (κ3) is 2.93. The standard InChI is InChI=1S/C16H26N2/c1-12-8-14(3)15(9-13(12)2)11-18-7-5-4-6-16(18)10-17/h8-9,16H,4-7,10-11,17H2,1-3H3. The van der Waals surface area contributed by atoms with Crippen molar-refractivity contribution >= 4 is 0 Å². The molecule has 1 atom stereocenters. The smallest absolute Gasteiger partial charge is 0.0239 e. The van der Waals surface area contributed by atoms with Crippen LogP contribution in [0.2, 0.25) is 0 Å². The number of piperidine rings is 1. The molecule has 2 heteroatoms. The monoisotopic (exact) mass is 246 g/mol. The maximum atomic E-state index is 5.90. The van der Waals surface area contributed by atoms with Gasteiger partial charge in [0.1, 0.15) is 0 Å². The Hall–Kier alpha value is -0.860. The zero-order valence-corrected chi connectivity index (χ0v) is 12.0. The third-order valence-electron chi connectivity index (χ3n) is 4.35. The molecule has 2 nitrogen and oxygen atoms in total. The number of rotatable bonds is 3. The van der Waals surface area contributed by atoms with Gasteiger partial charge in [-0.2, -0.15) is 0 Å². The van der Waals surface area contributed by atoms with E-state index in [1.165, 1.54) is 48.1 Å². The minimum absolute atomic E-state index is 0.583. The molecule has 1 unspecified atom stereocenters. The van der Waals surface area contributed by atoms with Gasteiger partial charge in [0.2, 0.25) is 0 Å². The van der Waals surface area contributed by atoms with Gasteiger partial charge < -0.3 is 5.73 Å². The van der Waals surface area contributed by atoms with Crippen LogP contribution in [0.5, 0.6) is 0 Å². The predicted octanol–water partition coefficient (Wildman–Crippen LogP) is 2.93. The van der Waals surface area contributed by atoms with Crippen LogP contribution in [0.15, 0.2) is 12.1 Å². The minimum atomic E-state index is 0.583. The fraction of sp³-hybridized carbons (Fsp3) is 0.625. The maximum absolute atomic E-state index is 5.90. The molecule has 1 aromatic carbocycles.